The zero-order valence-corrected chi connectivity index (χ0v) is 12.5. The number of anilines is 1. The molecule has 0 aliphatic carbocycles. The molecule has 0 saturated carbocycles. The topological polar surface area (TPSA) is 76.7 Å². The van der Waals surface area contributed by atoms with Crippen molar-refractivity contribution in [3.05, 3.63) is 54.2 Å². The van der Waals surface area contributed by atoms with Crippen molar-refractivity contribution in [3.63, 3.8) is 0 Å². The van der Waals surface area contributed by atoms with E-state index in [9.17, 15) is 0 Å². The predicted octanol–water partition coefficient (Wildman–Crippen LogP) is 2.88. The molecule has 3 aromatic heterocycles. The Balaban J connectivity index is 1.63. The van der Waals surface area contributed by atoms with Gasteiger partial charge in [0.2, 0.25) is 0 Å². The van der Waals surface area contributed by atoms with Crippen molar-refractivity contribution < 1.29 is 4.52 Å². The van der Waals surface area contributed by atoms with Gasteiger partial charge >= 0.3 is 0 Å². The summed E-state index contributed by atoms with van der Waals surface area (Å²) in [7, 11) is 0. The van der Waals surface area contributed by atoms with Gasteiger partial charge in [-0.25, -0.2) is 4.98 Å². The van der Waals surface area contributed by atoms with Crippen LogP contribution in [0.3, 0.4) is 0 Å². The highest BCUT2D eigenvalue weighted by molar-refractivity contribution is 5.54. The van der Waals surface area contributed by atoms with Crippen LogP contribution in [0.2, 0.25) is 0 Å². The molecule has 6 nitrogen and oxygen atoms in total. The van der Waals surface area contributed by atoms with Gasteiger partial charge in [0.25, 0.3) is 5.89 Å². The van der Waals surface area contributed by atoms with Gasteiger partial charge in [-0.05, 0) is 44.0 Å². The third-order valence-electron chi connectivity index (χ3n) is 3.20. The van der Waals surface area contributed by atoms with Crippen LogP contribution in [0.5, 0.6) is 0 Å². The molecule has 3 heterocycles. The second-order valence-corrected chi connectivity index (χ2v) is 5.19. The maximum atomic E-state index is 5.12. The molecule has 0 bridgehead atoms. The molecule has 1 atom stereocenters. The molecule has 0 unspecified atom stereocenters. The van der Waals surface area contributed by atoms with Gasteiger partial charge < -0.3 is 9.84 Å². The Kier molecular flexibility index (Phi) is 4.09. The van der Waals surface area contributed by atoms with Gasteiger partial charge in [0.1, 0.15) is 5.82 Å². The van der Waals surface area contributed by atoms with Crippen LogP contribution >= 0.6 is 0 Å². The van der Waals surface area contributed by atoms with Crippen LogP contribution in [0.25, 0.3) is 11.5 Å². The number of pyridine rings is 2. The largest absolute Gasteiger partial charge is 0.367 e. The molecule has 0 aromatic carbocycles. The third-order valence-corrected chi connectivity index (χ3v) is 3.20. The SMILES string of the molecule is Cc1noc(-c2ccc(N[C@@H](C)Cc3cccnc3)nc2)n1. The molecule has 22 heavy (non-hydrogen) atoms. The molecule has 3 aromatic rings. The van der Waals surface area contributed by atoms with Gasteiger partial charge in [-0.2, -0.15) is 4.98 Å². The van der Waals surface area contributed by atoms with Gasteiger partial charge in [-0.15, -0.1) is 0 Å². The van der Waals surface area contributed by atoms with Gasteiger partial charge in [0, 0.05) is 24.6 Å². The Labute approximate surface area is 128 Å². The lowest BCUT2D eigenvalue weighted by Gasteiger charge is -2.14. The van der Waals surface area contributed by atoms with E-state index in [1.807, 2.05) is 24.4 Å². The molecule has 0 fully saturated rings. The molecule has 6 heteroatoms. The molecule has 1 N–H and O–H groups in total. The van der Waals surface area contributed by atoms with E-state index in [1.165, 1.54) is 5.56 Å². The molecule has 0 amide bonds. The fourth-order valence-corrected chi connectivity index (χ4v) is 2.20. The minimum absolute atomic E-state index is 0.258. The Morgan fingerprint density at radius 1 is 1.23 bits per heavy atom. The van der Waals surface area contributed by atoms with E-state index in [4.69, 9.17) is 4.52 Å². The van der Waals surface area contributed by atoms with Crippen LogP contribution in [0, 0.1) is 6.92 Å². The number of aryl methyl sites for hydroxylation is 1. The quantitative estimate of drug-likeness (QED) is 0.780. The number of nitrogens with zero attached hydrogens (tertiary/aromatic N) is 4. The summed E-state index contributed by atoms with van der Waals surface area (Å²) in [6.07, 6.45) is 6.28. The fraction of sp³-hybridized carbons (Fsp3) is 0.250. The average Bonchev–Trinajstić information content (AvgIpc) is 2.95. The summed E-state index contributed by atoms with van der Waals surface area (Å²) in [5.74, 6) is 1.92. The van der Waals surface area contributed by atoms with Crippen molar-refractivity contribution in [2.75, 3.05) is 5.32 Å². The van der Waals surface area contributed by atoms with E-state index in [-0.39, 0.29) is 6.04 Å². The highest BCUT2D eigenvalue weighted by Crippen LogP contribution is 2.18. The van der Waals surface area contributed by atoms with Crippen molar-refractivity contribution in [2.24, 2.45) is 0 Å². The summed E-state index contributed by atoms with van der Waals surface area (Å²) in [4.78, 5) is 12.7. The monoisotopic (exact) mass is 295 g/mol. The number of aromatic nitrogens is 4. The zero-order valence-electron chi connectivity index (χ0n) is 12.5. The number of hydrogen-bond acceptors (Lipinski definition) is 6. The zero-order chi connectivity index (χ0) is 15.4. The summed E-state index contributed by atoms with van der Waals surface area (Å²) < 4.78 is 5.12. The molecule has 3 rings (SSSR count). The van der Waals surface area contributed by atoms with E-state index in [0.717, 1.165) is 17.8 Å². The summed E-state index contributed by atoms with van der Waals surface area (Å²) in [6, 6.07) is 8.10. The summed E-state index contributed by atoms with van der Waals surface area (Å²) in [5.41, 5.74) is 2.01. The Hall–Kier alpha value is -2.76. The van der Waals surface area contributed by atoms with E-state index in [2.05, 4.69) is 38.4 Å². The number of rotatable bonds is 5. The number of hydrogen-bond donors (Lipinski definition) is 1. The normalized spacial score (nSPS) is 12.1. The van der Waals surface area contributed by atoms with E-state index in [0.29, 0.717) is 11.7 Å². The van der Waals surface area contributed by atoms with Crippen molar-refractivity contribution in [1.29, 1.82) is 0 Å². The Morgan fingerprint density at radius 2 is 2.14 bits per heavy atom. The Bertz CT molecular complexity index is 724. The van der Waals surface area contributed by atoms with E-state index < -0.39 is 0 Å². The lowest BCUT2D eigenvalue weighted by molar-refractivity contribution is 0.425. The minimum atomic E-state index is 0.258. The fourth-order valence-electron chi connectivity index (χ4n) is 2.20. The van der Waals surface area contributed by atoms with Crippen LogP contribution in [0.4, 0.5) is 5.82 Å². The summed E-state index contributed by atoms with van der Waals surface area (Å²) in [5, 5.41) is 7.14. The predicted molar refractivity (Wildman–Crippen MR) is 83.3 cm³/mol. The second kappa shape index (κ2) is 6.34. The molecule has 0 radical (unpaired) electrons. The molecule has 112 valence electrons. The molecule has 0 spiro atoms. The first-order chi connectivity index (χ1) is 10.7. The Morgan fingerprint density at radius 3 is 2.77 bits per heavy atom. The van der Waals surface area contributed by atoms with E-state index in [1.54, 1.807) is 19.3 Å². The minimum Gasteiger partial charge on any atom is -0.367 e. The van der Waals surface area contributed by atoms with Crippen molar-refractivity contribution in [3.8, 4) is 11.5 Å². The highest BCUT2D eigenvalue weighted by atomic mass is 16.5. The van der Waals surface area contributed by atoms with Crippen molar-refractivity contribution in [2.45, 2.75) is 26.3 Å². The van der Waals surface area contributed by atoms with Crippen LogP contribution in [0.1, 0.15) is 18.3 Å². The number of nitrogens with one attached hydrogen (secondary N) is 1. The molecular formula is C16H17N5O. The maximum Gasteiger partial charge on any atom is 0.259 e. The van der Waals surface area contributed by atoms with Gasteiger partial charge in [-0.3, -0.25) is 4.98 Å². The van der Waals surface area contributed by atoms with Gasteiger partial charge in [0.15, 0.2) is 5.82 Å². The lowest BCUT2D eigenvalue weighted by atomic mass is 10.1. The first-order valence-corrected chi connectivity index (χ1v) is 7.13. The van der Waals surface area contributed by atoms with Crippen LogP contribution in [-0.2, 0) is 6.42 Å². The lowest BCUT2D eigenvalue weighted by Crippen LogP contribution is -2.18. The maximum absolute atomic E-state index is 5.12. The highest BCUT2D eigenvalue weighted by Gasteiger charge is 2.08. The molecule has 0 saturated heterocycles. The molecular weight excluding hydrogens is 278 g/mol. The van der Waals surface area contributed by atoms with Crippen LogP contribution in [0.15, 0.2) is 47.4 Å². The van der Waals surface area contributed by atoms with Gasteiger partial charge in [0.05, 0.1) is 5.56 Å². The third kappa shape index (κ3) is 3.46. The summed E-state index contributed by atoms with van der Waals surface area (Å²) in [6.45, 7) is 3.90. The average molecular weight is 295 g/mol. The van der Waals surface area contributed by atoms with Crippen molar-refractivity contribution >= 4 is 5.82 Å². The van der Waals surface area contributed by atoms with E-state index >= 15 is 0 Å². The standard InChI is InChI=1S/C16H17N5O/c1-11(8-13-4-3-7-17-9-13)19-15-6-5-14(10-18-15)16-20-12(2)21-22-16/h3-7,9-11H,8H2,1-2H3,(H,18,19)/t11-/m0/s1. The smallest absolute Gasteiger partial charge is 0.259 e. The molecule has 0 aliphatic heterocycles. The van der Waals surface area contributed by atoms with Crippen LogP contribution in [-0.4, -0.2) is 26.2 Å². The van der Waals surface area contributed by atoms with Crippen molar-refractivity contribution in [1.82, 2.24) is 20.1 Å². The summed E-state index contributed by atoms with van der Waals surface area (Å²) >= 11 is 0. The molecule has 0 aliphatic rings. The first-order valence-electron chi connectivity index (χ1n) is 7.13. The van der Waals surface area contributed by atoms with Gasteiger partial charge in [-0.1, -0.05) is 11.2 Å². The second-order valence-electron chi connectivity index (χ2n) is 5.19. The van der Waals surface area contributed by atoms with Crippen LogP contribution < -0.4 is 5.32 Å². The first kappa shape index (κ1) is 14.2.